The molecule has 2 aliphatic heterocycles. The van der Waals surface area contributed by atoms with Crippen LogP contribution in [0.25, 0.3) is 10.4 Å². The predicted molar refractivity (Wildman–Crippen MR) is 272 cm³/mol. The Bertz CT molecular complexity index is 2570. The molecule has 2 saturated heterocycles. The van der Waals surface area contributed by atoms with E-state index < -0.39 is 35.4 Å². The Kier molecular flexibility index (Phi) is 15.8. The highest BCUT2D eigenvalue weighted by Crippen LogP contribution is 2.60. The van der Waals surface area contributed by atoms with E-state index in [1.54, 1.807) is 17.4 Å². The van der Waals surface area contributed by atoms with Gasteiger partial charge in [0, 0.05) is 48.8 Å². The third-order valence-corrected chi connectivity index (χ3v) is 16.1. The van der Waals surface area contributed by atoms with Gasteiger partial charge in [-0.15, -0.1) is 11.3 Å². The number of carbonyl (C=O) groups is 4. The number of likely N-dealkylation sites (tertiary alicyclic amines) is 1. The van der Waals surface area contributed by atoms with Crippen molar-refractivity contribution in [2.45, 2.75) is 112 Å². The number of β-amino-alcohol motifs (C(OH)–C–C–N with tert-alkyl or cyclic N) is 1. The van der Waals surface area contributed by atoms with E-state index in [2.05, 4.69) is 60.0 Å². The maximum absolute atomic E-state index is 14.2. The van der Waals surface area contributed by atoms with Gasteiger partial charge in [0.05, 0.1) is 52.0 Å². The van der Waals surface area contributed by atoms with Crippen LogP contribution in [0, 0.1) is 45.8 Å². The Morgan fingerprint density at radius 2 is 1.70 bits per heavy atom. The van der Waals surface area contributed by atoms with Crippen molar-refractivity contribution in [3.05, 3.63) is 105 Å². The number of aromatic nitrogens is 1. The quantitative estimate of drug-likeness (QED) is 0.0613. The maximum atomic E-state index is 14.2. The summed E-state index contributed by atoms with van der Waals surface area (Å²) >= 11 is 7.91. The molecule has 374 valence electrons. The molecule has 1 saturated carbocycles. The lowest BCUT2D eigenvalue weighted by molar-refractivity contribution is -0.145. The minimum Gasteiger partial charge on any atom is -0.391 e. The number of hydrogen-bond donors (Lipinski definition) is 5. The normalized spacial score (nSPS) is 21.8. The van der Waals surface area contributed by atoms with E-state index in [4.69, 9.17) is 21.1 Å². The Morgan fingerprint density at radius 1 is 1.01 bits per heavy atom. The highest BCUT2D eigenvalue weighted by Gasteiger charge is 2.61. The van der Waals surface area contributed by atoms with Gasteiger partial charge in [-0.25, -0.2) is 4.98 Å². The van der Waals surface area contributed by atoms with Crippen LogP contribution in [0.2, 0.25) is 5.02 Å². The number of hydrogen-bond acceptors (Lipinski definition) is 11. The molecule has 0 bridgehead atoms. The molecule has 5 N–H and O–H groups in total. The number of anilines is 1. The number of aliphatic hydroxyl groups excluding tert-OH is 1. The van der Waals surface area contributed by atoms with Crippen LogP contribution < -0.4 is 21.3 Å². The lowest BCUT2D eigenvalue weighted by Crippen LogP contribution is -2.70. The Labute approximate surface area is 421 Å². The third-order valence-electron chi connectivity index (χ3n) is 14.9. The molecule has 70 heavy (non-hydrogen) atoms. The number of nitrogens with one attached hydrogen (secondary N) is 4. The molecule has 3 heterocycles. The van der Waals surface area contributed by atoms with E-state index in [0.29, 0.717) is 42.3 Å². The summed E-state index contributed by atoms with van der Waals surface area (Å²) in [6, 6.07) is 20.8. The number of amides is 4. The summed E-state index contributed by atoms with van der Waals surface area (Å²) in [5.41, 5.74) is 6.39. The van der Waals surface area contributed by atoms with Crippen molar-refractivity contribution in [1.29, 1.82) is 5.26 Å². The van der Waals surface area contributed by atoms with Gasteiger partial charge in [0.25, 0.3) is 5.91 Å². The number of aryl methyl sites for hydroxylation is 1. The van der Waals surface area contributed by atoms with Crippen molar-refractivity contribution in [3.63, 3.8) is 0 Å². The molecule has 1 aromatic heterocycles. The number of nitriles is 1. The van der Waals surface area contributed by atoms with E-state index in [-0.39, 0.29) is 72.2 Å². The predicted octanol–water partition coefficient (Wildman–Crippen LogP) is 7.87. The molecule has 3 aromatic carbocycles. The fourth-order valence-electron chi connectivity index (χ4n) is 10.8. The highest BCUT2D eigenvalue weighted by molar-refractivity contribution is 7.13. The summed E-state index contributed by atoms with van der Waals surface area (Å²) in [4.78, 5) is 61.6. The van der Waals surface area contributed by atoms with Crippen LogP contribution in [0.15, 0.2) is 72.2 Å². The number of carbonyl (C=O) groups excluding carboxylic acids is 4. The summed E-state index contributed by atoms with van der Waals surface area (Å²) in [6.07, 6.45) is 0.610. The van der Waals surface area contributed by atoms with Crippen molar-refractivity contribution in [2.75, 3.05) is 44.8 Å². The van der Waals surface area contributed by atoms with Crippen molar-refractivity contribution in [1.82, 2.24) is 25.8 Å². The summed E-state index contributed by atoms with van der Waals surface area (Å²) in [5, 5.41) is 33.1. The summed E-state index contributed by atoms with van der Waals surface area (Å²) in [5.74, 6) is -1.13. The van der Waals surface area contributed by atoms with Crippen LogP contribution in [0.3, 0.4) is 0 Å². The Morgan fingerprint density at radius 3 is 2.29 bits per heavy atom. The maximum Gasteiger partial charge on any atom is 0.251 e. The minimum atomic E-state index is -0.979. The molecule has 14 nitrogen and oxygen atoms in total. The second-order valence-electron chi connectivity index (χ2n) is 21.8. The first-order chi connectivity index (χ1) is 33.0. The fraction of sp³-hybridized carbons (Fsp3) is 0.519. The van der Waals surface area contributed by atoms with E-state index >= 15 is 0 Å². The molecule has 3 fully saturated rings. The van der Waals surface area contributed by atoms with Crippen LogP contribution in [0.5, 0.6) is 0 Å². The molecule has 3 aliphatic rings. The highest BCUT2D eigenvalue weighted by atomic mass is 35.5. The molecule has 0 unspecified atom stereocenters. The number of ether oxygens (including phenoxy) is 2. The monoisotopic (exact) mass is 993 g/mol. The molecule has 16 heteroatoms. The number of halogens is 1. The second kappa shape index (κ2) is 21.2. The zero-order valence-electron chi connectivity index (χ0n) is 41.8. The number of rotatable bonds is 18. The molecule has 4 amide bonds. The van der Waals surface area contributed by atoms with Crippen molar-refractivity contribution in [3.8, 4) is 16.5 Å². The number of thiazole rings is 1. The molecule has 0 radical (unpaired) electrons. The largest absolute Gasteiger partial charge is 0.391 e. The van der Waals surface area contributed by atoms with Crippen LogP contribution in [-0.4, -0.2) is 102 Å². The van der Waals surface area contributed by atoms with E-state index in [9.17, 15) is 29.5 Å². The zero-order chi connectivity index (χ0) is 50.8. The fourth-order valence-corrected chi connectivity index (χ4v) is 11.8. The lowest BCUT2D eigenvalue weighted by Gasteiger charge is -2.64. The molecule has 0 spiro atoms. The van der Waals surface area contributed by atoms with Crippen LogP contribution in [0.1, 0.15) is 107 Å². The van der Waals surface area contributed by atoms with Gasteiger partial charge < -0.3 is 40.7 Å². The molecule has 1 aliphatic carbocycles. The van der Waals surface area contributed by atoms with Gasteiger partial charge >= 0.3 is 0 Å². The van der Waals surface area contributed by atoms with Gasteiger partial charge in [0.1, 0.15) is 24.8 Å². The van der Waals surface area contributed by atoms with Crippen molar-refractivity contribution in [2.24, 2.45) is 27.6 Å². The first kappa shape index (κ1) is 52.5. The van der Waals surface area contributed by atoms with Crippen LogP contribution in [-0.2, 0) is 30.3 Å². The number of nitrogens with zero attached hydrogens (tertiary/aromatic N) is 3. The molecule has 4 aromatic rings. The van der Waals surface area contributed by atoms with Gasteiger partial charge in [0.2, 0.25) is 17.7 Å². The smallest absolute Gasteiger partial charge is 0.251 e. The summed E-state index contributed by atoms with van der Waals surface area (Å²) in [6.45, 7) is 19.8. The van der Waals surface area contributed by atoms with Crippen molar-refractivity contribution >= 4 is 52.3 Å². The lowest BCUT2D eigenvalue weighted by atomic mass is 9.43. The summed E-state index contributed by atoms with van der Waals surface area (Å²) < 4.78 is 11.5. The van der Waals surface area contributed by atoms with Gasteiger partial charge in [-0.1, -0.05) is 90.4 Å². The average molecular weight is 995 g/mol. The first-order valence-electron chi connectivity index (χ1n) is 24.1. The van der Waals surface area contributed by atoms with E-state index in [1.807, 2.05) is 101 Å². The first-order valence-corrected chi connectivity index (χ1v) is 25.4. The number of aliphatic hydroxyl groups is 1. The van der Waals surface area contributed by atoms with E-state index in [0.717, 1.165) is 39.4 Å². The molecular formula is C54H68ClN7O7S. The third kappa shape index (κ3) is 11.5. The van der Waals surface area contributed by atoms with Gasteiger partial charge in [-0.3, -0.25) is 19.2 Å². The second-order valence-corrected chi connectivity index (χ2v) is 23.1. The Hall–Kier alpha value is -5.37. The molecule has 7 rings (SSSR count). The molecular weight excluding hydrogens is 926 g/mol. The zero-order valence-corrected chi connectivity index (χ0v) is 43.4. The van der Waals surface area contributed by atoms with Gasteiger partial charge in [-0.2, -0.15) is 5.26 Å². The van der Waals surface area contributed by atoms with Gasteiger partial charge in [-0.05, 0) is 102 Å². The van der Waals surface area contributed by atoms with Gasteiger partial charge in [0.15, 0.2) is 0 Å². The van der Waals surface area contributed by atoms with Crippen LogP contribution in [0.4, 0.5) is 5.69 Å². The SMILES string of the molecule is Cc1ncsc1-c1ccc([C@H](C)NC(=O)[C@@H]2C[C@@H](O)CN2C(=O)[C@@H](NC(=O)COCCC2(CNc3ccc(C(=O)NC4C(C)(C)C(Cc5ccc(C#N)c(Cl)c5)C4(C)C)cc3)COC2)C(C)(C)C)cc1. The Balaban J connectivity index is 0.859. The standard InChI is InChI=1S/C54H68ClN7O7S/c1-32(35-12-14-36(15-13-35)45-33(2)58-31-70-45)59-48(66)42-24-40(63)26-62(42)49(67)46(51(3,4)5)60-44(64)27-68-21-20-54(29-69-30-54)28-57-39-18-16-37(17-19-39)47(65)61-50-52(6,7)43(53(50,8)9)23-34-10-11-38(25-56)41(55)22-34/h10-19,22,31-32,40,42-43,46,50,57,63H,20-21,23-24,26-30H2,1-9H3,(H,59,66)(H,60,64)(H,61,65)/t32-,40+,42-,43?,46+,50?/m0/s1. The molecule has 4 atom stereocenters. The van der Waals surface area contributed by atoms with E-state index in [1.165, 1.54) is 4.90 Å². The van der Waals surface area contributed by atoms with Crippen molar-refractivity contribution < 1.29 is 33.8 Å². The van der Waals surface area contributed by atoms with Crippen LogP contribution >= 0.6 is 22.9 Å². The number of benzene rings is 3. The summed E-state index contributed by atoms with van der Waals surface area (Å²) in [7, 11) is 0. The topological polar surface area (TPSA) is 195 Å². The average Bonchev–Trinajstić information content (AvgIpc) is 3.92. The minimum absolute atomic E-state index is 0.0247.